The van der Waals surface area contributed by atoms with Crippen molar-refractivity contribution in [2.45, 2.75) is 43.2 Å². The maximum absolute atomic E-state index is 12.4. The first-order valence-corrected chi connectivity index (χ1v) is 12.3. The van der Waals surface area contributed by atoms with Crippen LogP contribution >= 0.6 is 0 Å². The number of anilines is 1. The van der Waals surface area contributed by atoms with E-state index in [1.165, 1.54) is 37.3 Å². The van der Waals surface area contributed by atoms with Crippen molar-refractivity contribution < 1.29 is 22.4 Å². The van der Waals surface area contributed by atoms with Gasteiger partial charge in [0.05, 0.1) is 29.5 Å². The molecule has 1 aliphatic carbocycles. The highest BCUT2D eigenvalue weighted by atomic mass is 32.2. The van der Waals surface area contributed by atoms with Crippen molar-refractivity contribution in [3.63, 3.8) is 0 Å². The van der Waals surface area contributed by atoms with E-state index < -0.39 is 10.0 Å². The van der Waals surface area contributed by atoms with Gasteiger partial charge in [-0.15, -0.1) is 0 Å². The average molecular weight is 467 g/mol. The molecule has 3 aromatic rings. The minimum Gasteiger partial charge on any atom is -0.488 e. The highest BCUT2D eigenvalue weighted by molar-refractivity contribution is 7.89. The van der Waals surface area contributed by atoms with Crippen molar-refractivity contribution in [1.82, 2.24) is 4.72 Å². The van der Waals surface area contributed by atoms with Gasteiger partial charge in [-0.25, -0.2) is 13.1 Å². The van der Waals surface area contributed by atoms with E-state index in [1.807, 2.05) is 24.3 Å². The first-order valence-electron chi connectivity index (χ1n) is 10.9. The fourth-order valence-corrected chi connectivity index (χ4v) is 4.62. The summed E-state index contributed by atoms with van der Waals surface area (Å²) in [7, 11) is -3.67. The molecular weight excluding hydrogens is 440 g/mol. The van der Waals surface area contributed by atoms with Crippen LogP contribution in [0.25, 0.3) is 6.08 Å². The SMILES string of the molecule is O=C(/C=C/c1ccc(S(=O)(=O)NCc2ccco2)cc1)Nc1ccccc1OC1CCCC1. The van der Waals surface area contributed by atoms with Crippen molar-refractivity contribution >= 4 is 27.7 Å². The van der Waals surface area contributed by atoms with Crippen LogP contribution in [0.15, 0.2) is 82.3 Å². The molecule has 1 aromatic heterocycles. The third-order valence-electron chi connectivity index (χ3n) is 5.37. The van der Waals surface area contributed by atoms with Crippen LogP contribution in [-0.2, 0) is 21.4 Å². The van der Waals surface area contributed by atoms with E-state index in [-0.39, 0.29) is 23.5 Å². The molecule has 0 aliphatic heterocycles. The number of furan rings is 1. The van der Waals surface area contributed by atoms with Crippen LogP contribution in [0.3, 0.4) is 0 Å². The number of hydrogen-bond acceptors (Lipinski definition) is 5. The molecule has 7 nitrogen and oxygen atoms in total. The van der Waals surface area contributed by atoms with E-state index >= 15 is 0 Å². The summed E-state index contributed by atoms with van der Waals surface area (Å²) in [6.45, 7) is 0.0725. The van der Waals surface area contributed by atoms with Gasteiger partial charge < -0.3 is 14.5 Å². The van der Waals surface area contributed by atoms with Crippen LogP contribution in [0.4, 0.5) is 5.69 Å². The van der Waals surface area contributed by atoms with E-state index in [4.69, 9.17) is 9.15 Å². The van der Waals surface area contributed by atoms with Crippen LogP contribution in [0, 0.1) is 0 Å². The molecule has 1 aliphatic rings. The van der Waals surface area contributed by atoms with Gasteiger partial charge in [0.1, 0.15) is 11.5 Å². The number of para-hydroxylation sites is 2. The van der Waals surface area contributed by atoms with Crippen molar-refractivity contribution in [2.75, 3.05) is 5.32 Å². The number of sulfonamides is 1. The topological polar surface area (TPSA) is 97.6 Å². The number of hydrogen-bond donors (Lipinski definition) is 2. The van der Waals surface area contributed by atoms with Gasteiger partial charge >= 0.3 is 0 Å². The molecule has 4 rings (SSSR count). The first kappa shape index (κ1) is 22.8. The number of rotatable bonds is 9. The van der Waals surface area contributed by atoms with Crippen molar-refractivity contribution in [1.29, 1.82) is 0 Å². The third kappa shape index (κ3) is 6.34. The van der Waals surface area contributed by atoms with Crippen molar-refractivity contribution in [3.8, 4) is 5.75 Å². The Morgan fingerprint density at radius 3 is 2.52 bits per heavy atom. The molecule has 1 amide bonds. The summed E-state index contributed by atoms with van der Waals surface area (Å²) in [5, 5.41) is 2.85. The van der Waals surface area contributed by atoms with Crippen LogP contribution in [0.5, 0.6) is 5.75 Å². The summed E-state index contributed by atoms with van der Waals surface area (Å²) in [6.07, 6.45) is 9.13. The molecule has 1 saturated carbocycles. The lowest BCUT2D eigenvalue weighted by molar-refractivity contribution is -0.111. The summed E-state index contributed by atoms with van der Waals surface area (Å²) in [5.74, 6) is 0.899. The van der Waals surface area contributed by atoms with Crippen LogP contribution in [-0.4, -0.2) is 20.4 Å². The number of carbonyl (C=O) groups excluding carboxylic acids is 1. The quantitative estimate of drug-likeness (QED) is 0.444. The number of nitrogens with one attached hydrogen (secondary N) is 2. The lowest BCUT2D eigenvalue weighted by atomic mass is 10.2. The molecule has 0 bridgehead atoms. The minimum atomic E-state index is -3.67. The maximum atomic E-state index is 12.4. The smallest absolute Gasteiger partial charge is 0.248 e. The standard InChI is InChI=1S/C25H26N2O5S/c28-25(27-23-9-3-4-10-24(23)32-20-6-1-2-7-20)16-13-19-11-14-22(15-12-19)33(29,30)26-18-21-8-5-17-31-21/h3-5,8-17,20,26H,1-2,6-7,18H2,(H,27,28)/b16-13+. The fraction of sp³-hybridized carbons (Fsp3) is 0.240. The Balaban J connectivity index is 1.35. The highest BCUT2D eigenvalue weighted by Gasteiger charge is 2.18. The lowest BCUT2D eigenvalue weighted by Gasteiger charge is -2.16. The molecule has 0 atom stereocenters. The molecule has 0 saturated heterocycles. The molecular formula is C25H26N2O5S. The number of benzene rings is 2. The van der Waals surface area contributed by atoms with Crippen LogP contribution in [0.1, 0.15) is 37.0 Å². The fourth-order valence-electron chi connectivity index (χ4n) is 3.63. The molecule has 2 aromatic carbocycles. The predicted octanol–water partition coefficient (Wildman–Crippen LogP) is 4.73. The van der Waals surface area contributed by atoms with Gasteiger partial charge in [0.2, 0.25) is 15.9 Å². The van der Waals surface area contributed by atoms with E-state index in [9.17, 15) is 13.2 Å². The highest BCUT2D eigenvalue weighted by Crippen LogP contribution is 2.29. The van der Waals surface area contributed by atoms with Gasteiger partial charge in [-0.2, -0.15) is 0 Å². The van der Waals surface area contributed by atoms with E-state index in [0.717, 1.165) is 12.8 Å². The zero-order valence-electron chi connectivity index (χ0n) is 18.1. The Kier molecular flexibility index (Phi) is 7.26. The monoisotopic (exact) mass is 466 g/mol. The molecule has 8 heteroatoms. The lowest BCUT2D eigenvalue weighted by Crippen LogP contribution is -2.22. The molecule has 1 heterocycles. The predicted molar refractivity (Wildman–Crippen MR) is 126 cm³/mol. The Morgan fingerprint density at radius 1 is 1.03 bits per heavy atom. The van der Waals surface area contributed by atoms with Crippen LogP contribution < -0.4 is 14.8 Å². The molecule has 172 valence electrons. The summed E-state index contributed by atoms with van der Waals surface area (Å²) in [4.78, 5) is 12.6. The third-order valence-corrected chi connectivity index (χ3v) is 6.79. The van der Waals surface area contributed by atoms with E-state index in [0.29, 0.717) is 22.8 Å². The number of amides is 1. The van der Waals surface area contributed by atoms with Gasteiger partial charge in [0.15, 0.2) is 0 Å². The van der Waals surface area contributed by atoms with Gasteiger partial charge in [-0.05, 0) is 73.7 Å². The number of carbonyl (C=O) groups is 1. The second kappa shape index (κ2) is 10.5. The molecule has 33 heavy (non-hydrogen) atoms. The van der Waals surface area contributed by atoms with E-state index in [2.05, 4.69) is 10.0 Å². The molecule has 1 fully saturated rings. The van der Waals surface area contributed by atoms with Gasteiger partial charge in [-0.3, -0.25) is 4.79 Å². The summed E-state index contributed by atoms with van der Waals surface area (Å²) in [5.41, 5.74) is 1.33. The minimum absolute atomic E-state index is 0.0725. The molecule has 0 radical (unpaired) electrons. The normalized spacial score (nSPS) is 14.5. The summed E-state index contributed by atoms with van der Waals surface area (Å²) >= 11 is 0. The Morgan fingerprint density at radius 2 is 1.79 bits per heavy atom. The molecule has 2 N–H and O–H groups in total. The van der Waals surface area contributed by atoms with Gasteiger partial charge in [0.25, 0.3) is 0 Å². The zero-order chi connectivity index (χ0) is 23.1. The number of ether oxygens (including phenoxy) is 1. The second-order valence-corrected chi connectivity index (χ2v) is 9.58. The zero-order valence-corrected chi connectivity index (χ0v) is 18.9. The van der Waals surface area contributed by atoms with Crippen molar-refractivity contribution in [2.24, 2.45) is 0 Å². The Hall–Kier alpha value is -3.36. The van der Waals surface area contributed by atoms with E-state index in [1.54, 1.807) is 30.3 Å². The Bertz CT molecular complexity index is 1200. The average Bonchev–Trinajstić information content (AvgIpc) is 3.52. The molecule has 0 spiro atoms. The summed E-state index contributed by atoms with van der Waals surface area (Å²) in [6, 6.07) is 17.1. The largest absolute Gasteiger partial charge is 0.488 e. The first-order chi connectivity index (χ1) is 16.0. The second-order valence-electron chi connectivity index (χ2n) is 7.82. The summed E-state index contributed by atoms with van der Waals surface area (Å²) < 4.78 is 38.5. The Labute approximate surface area is 193 Å². The van der Waals surface area contributed by atoms with Crippen molar-refractivity contribution in [3.05, 3.63) is 84.3 Å². The van der Waals surface area contributed by atoms with Crippen LogP contribution in [0.2, 0.25) is 0 Å². The van der Waals surface area contributed by atoms with Gasteiger partial charge in [0, 0.05) is 6.08 Å². The van der Waals surface area contributed by atoms with Gasteiger partial charge in [-0.1, -0.05) is 24.3 Å². The molecule has 0 unspecified atom stereocenters. The maximum Gasteiger partial charge on any atom is 0.248 e.